The molecule has 0 aromatic heterocycles. The normalized spacial score (nSPS) is 17.8. The third-order valence-corrected chi connectivity index (χ3v) is 4.84. The van der Waals surface area contributed by atoms with Gasteiger partial charge in [0.15, 0.2) is 0 Å². The quantitative estimate of drug-likeness (QED) is 0.799. The van der Waals surface area contributed by atoms with Crippen molar-refractivity contribution in [2.75, 3.05) is 13.2 Å². The molecule has 0 heterocycles. The van der Waals surface area contributed by atoms with Gasteiger partial charge in [-0.05, 0) is 59.0 Å². The van der Waals surface area contributed by atoms with Crippen LogP contribution in [-0.4, -0.2) is 13.2 Å². The maximum atomic E-state index is 6.10. The van der Waals surface area contributed by atoms with E-state index in [-0.39, 0.29) is 5.41 Å². The van der Waals surface area contributed by atoms with Gasteiger partial charge < -0.3 is 10.5 Å². The van der Waals surface area contributed by atoms with Gasteiger partial charge in [0.25, 0.3) is 0 Å². The Balaban J connectivity index is 2.20. The Morgan fingerprint density at radius 3 is 2.60 bits per heavy atom. The van der Waals surface area contributed by atoms with Crippen LogP contribution < -0.4 is 10.5 Å². The SMILES string of the molecule is C=C(C)COc1ccc(C2(CN)CCCCC2)cc1Br. The number of rotatable bonds is 5. The number of ether oxygens (including phenoxy) is 1. The minimum absolute atomic E-state index is 0.160. The molecule has 1 aliphatic rings. The highest BCUT2D eigenvalue weighted by molar-refractivity contribution is 9.10. The number of halogens is 1. The third kappa shape index (κ3) is 3.44. The lowest BCUT2D eigenvalue weighted by Gasteiger charge is -2.37. The van der Waals surface area contributed by atoms with E-state index in [1.807, 2.05) is 13.0 Å². The zero-order chi connectivity index (χ0) is 14.6. The van der Waals surface area contributed by atoms with Gasteiger partial charge in [0, 0.05) is 12.0 Å². The summed E-state index contributed by atoms with van der Waals surface area (Å²) in [6.45, 7) is 7.11. The zero-order valence-corrected chi connectivity index (χ0v) is 13.8. The van der Waals surface area contributed by atoms with Gasteiger partial charge in [-0.15, -0.1) is 0 Å². The summed E-state index contributed by atoms with van der Waals surface area (Å²) in [5, 5.41) is 0. The highest BCUT2D eigenvalue weighted by Crippen LogP contribution is 2.41. The maximum Gasteiger partial charge on any atom is 0.133 e. The van der Waals surface area contributed by atoms with Crippen molar-refractivity contribution in [2.45, 2.75) is 44.4 Å². The lowest BCUT2D eigenvalue weighted by atomic mass is 9.69. The summed E-state index contributed by atoms with van der Waals surface area (Å²) in [5.41, 5.74) is 8.62. The van der Waals surface area contributed by atoms with Gasteiger partial charge in [-0.25, -0.2) is 0 Å². The average Bonchev–Trinajstić information content (AvgIpc) is 2.46. The molecule has 0 unspecified atom stereocenters. The van der Waals surface area contributed by atoms with Crippen LogP contribution in [0.3, 0.4) is 0 Å². The molecule has 2 rings (SSSR count). The van der Waals surface area contributed by atoms with Crippen LogP contribution in [-0.2, 0) is 5.41 Å². The van der Waals surface area contributed by atoms with Crippen molar-refractivity contribution in [1.29, 1.82) is 0 Å². The number of benzene rings is 1. The summed E-state index contributed by atoms with van der Waals surface area (Å²) in [4.78, 5) is 0. The van der Waals surface area contributed by atoms with E-state index < -0.39 is 0 Å². The molecule has 2 nitrogen and oxygen atoms in total. The summed E-state index contributed by atoms with van der Waals surface area (Å²) >= 11 is 3.62. The second kappa shape index (κ2) is 6.77. The predicted molar refractivity (Wildman–Crippen MR) is 88.3 cm³/mol. The lowest BCUT2D eigenvalue weighted by Crippen LogP contribution is -2.37. The average molecular weight is 338 g/mol. The van der Waals surface area contributed by atoms with Crippen molar-refractivity contribution in [2.24, 2.45) is 5.73 Å². The first-order chi connectivity index (χ1) is 9.57. The molecule has 0 aliphatic heterocycles. The summed E-state index contributed by atoms with van der Waals surface area (Å²) in [6, 6.07) is 6.41. The van der Waals surface area contributed by atoms with Crippen LogP contribution >= 0.6 is 15.9 Å². The summed E-state index contributed by atoms with van der Waals surface area (Å²) in [5.74, 6) is 0.875. The molecule has 1 aromatic carbocycles. The van der Waals surface area contributed by atoms with Gasteiger partial charge in [-0.3, -0.25) is 0 Å². The molecule has 1 aromatic rings. The van der Waals surface area contributed by atoms with E-state index in [1.54, 1.807) is 0 Å². The van der Waals surface area contributed by atoms with Crippen molar-refractivity contribution < 1.29 is 4.74 Å². The second-order valence-corrected chi connectivity index (χ2v) is 6.79. The molecular formula is C17H24BrNO. The van der Waals surface area contributed by atoms with Crippen molar-refractivity contribution in [3.63, 3.8) is 0 Å². The molecule has 20 heavy (non-hydrogen) atoms. The Bertz CT molecular complexity index is 478. The van der Waals surface area contributed by atoms with Crippen LogP contribution in [0.5, 0.6) is 5.75 Å². The molecule has 0 bridgehead atoms. The van der Waals surface area contributed by atoms with Crippen molar-refractivity contribution in [3.8, 4) is 5.75 Å². The molecule has 0 radical (unpaired) electrons. The van der Waals surface area contributed by atoms with Gasteiger partial charge in [0.1, 0.15) is 12.4 Å². The van der Waals surface area contributed by atoms with Gasteiger partial charge in [-0.2, -0.15) is 0 Å². The predicted octanol–water partition coefficient (Wildman–Crippen LogP) is 4.56. The maximum absolute atomic E-state index is 6.10. The van der Waals surface area contributed by atoms with Crippen LogP contribution in [0.1, 0.15) is 44.6 Å². The summed E-state index contributed by atoms with van der Waals surface area (Å²) in [7, 11) is 0. The fourth-order valence-electron chi connectivity index (χ4n) is 2.99. The van der Waals surface area contributed by atoms with Crippen LogP contribution in [0.2, 0.25) is 0 Å². The largest absolute Gasteiger partial charge is 0.488 e. The van der Waals surface area contributed by atoms with Crippen LogP contribution in [0.4, 0.5) is 0 Å². The molecule has 1 fully saturated rings. The fourth-order valence-corrected chi connectivity index (χ4v) is 3.48. The second-order valence-electron chi connectivity index (χ2n) is 5.94. The molecule has 3 heteroatoms. The molecule has 110 valence electrons. The lowest BCUT2D eigenvalue weighted by molar-refractivity contribution is 0.299. The Hall–Kier alpha value is -0.800. The molecule has 0 atom stereocenters. The topological polar surface area (TPSA) is 35.2 Å². The van der Waals surface area contributed by atoms with Gasteiger partial charge in [0.2, 0.25) is 0 Å². The third-order valence-electron chi connectivity index (χ3n) is 4.22. The van der Waals surface area contributed by atoms with Crippen molar-refractivity contribution in [3.05, 3.63) is 40.4 Å². The van der Waals surface area contributed by atoms with Crippen molar-refractivity contribution in [1.82, 2.24) is 0 Å². The summed E-state index contributed by atoms with van der Waals surface area (Å²) in [6.07, 6.45) is 6.29. The van der Waals surface area contributed by atoms with E-state index in [0.29, 0.717) is 6.61 Å². The first-order valence-electron chi connectivity index (χ1n) is 7.35. The minimum atomic E-state index is 0.160. The Morgan fingerprint density at radius 1 is 1.35 bits per heavy atom. The van der Waals surface area contributed by atoms with E-state index in [2.05, 4.69) is 34.6 Å². The Kier molecular flexibility index (Phi) is 5.28. The summed E-state index contributed by atoms with van der Waals surface area (Å²) < 4.78 is 6.74. The minimum Gasteiger partial charge on any atom is -0.488 e. The van der Waals surface area contributed by atoms with Crippen LogP contribution in [0.25, 0.3) is 0 Å². The van der Waals surface area contributed by atoms with E-state index in [9.17, 15) is 0 Å². The highest BCUT2D eigenvalue weighted by atomic mass is 79.9. The first kappa shape index (κ1) is 15.6. The molecular weight excluding hydrogens is 314 g/mol. The molecule has 0 saturated heterocycles. The van der Waals surface area contributed by atoms with Crippen molar-refractivity contribution >= 4 is 15.9 Å². The van der Waals surface area contributed by atoms with Gasteiger partial charge in [-0.1, -0.05) is 31.9 Å². The molecule has 2 N–H and O–H groups in total. The van der Waals surface area contributed by atoms with Gasteiger partial charge in [0.05, 0.1) is 4.47 Å². The standard InChI is InChI=1S/C17H24BrNO/c1-13(2)11-20-16-7-6-14(10-15(16)18)17(12-19)8-4-3-5-9-17/h6-7,10H,1,3-5,8-9,11-12,19H2,2H3. The molecule has 0 spiro atoms. The number of hydrogen-bond donors (Lipinski definition) is 1. The highest BCUT2D eigenvalue weighted by Gasteiger charge is 2.32. The molecule has 0 amide bonds. The zero-order valence-electron chi connectivity index (χ0n) is 12.3. The number of nitrogens with two attached hydrogens (primary N) is 1. The van der Waals surface area contributed by atoms with E-state index in [1.165, 1.54) is 37.7 Å². The van der Waals surface area contributed by atoms with E-state index in [0.717, 1.165) is 22.3 Å². The van der Waals surface area contributed by atoms with E-state index >= 15 is 0 Å². The smallest absolute Gasteiger partial charge is 0.133 e. The first-order valence-corrected chi connectivity index (χ1v) is 8.14. The molecule has 1 saturated carbocycles. The van der Waals surface area contributed by atoms with Gasteiger partial charge >= 0.3 is 0 Å². The Labute approximate surface area is 130 Å². The monoisotopic (exact) mass is 337 g/mol. The fraction of sp³-hybridized carbons (Fsp3) is 0.529. The Morgan fingerprint density at radius 2 is 2.05 bits per heavy atom. The number of hydrogen-bond acceptors (Lipinski definition) is 2. The van der Waals surface area contributed by atoms with E-state index in [4.69, 9.17) is 10.5 Å². The van der Waals surface area contributed by atoms with Crippen LogP contribution in [0, 0.1) is 0 Å². The van der Waals surface area contributed by atoms with Crippen LogP contribution in [0.15, 0.2) is 34.8 Å². The molecule has 1 aliphatic carbocycles.